The number of carbonyl (C=O) groups is 1. The van der Waals surface area contributed by atoms with Crippen LogP contribution in [-0.4, -0.2) is 25.2 Å². The van der Waals surface area contributed by atoms with E-state index in [-0.39, 0.29) is 10.7 Å². The fourth-order valence-corrected chi connectivity index (χ4v) is 2.45. The molecule has 21 heavy (non-hydrogen) atoms. The number of carbonyl (C=O) groups excluding carboxylic acids is 1. The molecule has 0 aliphatic carbocycles. The van der Waals surface area contributed by atoms with Crippen LogP contribution >= 0.6 is 34.8 Å². The zero-order valence-corrected chi connectivity index (χ0v) is 13.4. The summed E-state index contributed by atoms with van der Waals surface area (Å²) < 4.78 is 9.79. The summed E-state index contributed by atoms with van der Waals surface area (Å²) in [5, 5.41) is 0.961. The number of halogens is 3. The minimum Gasteiger partial charge on any atom is -0.495 e. The minimum absolute atomic E-state index is 0.0154. The summed E-state index contributed by atoms with van der Waals surface area (Å²) in [6, 6.07) is 6.38. The van der Waals surface area contributed by atoms with Crippen LogP contribution in [0.2, 0.25) is 15.1 Å². The third kappa shape index (κ3) is 3.23. The Kier molecular flexibility index (Phi) is 4.93. The molecule has 0 saturated carbocycles. The van der Waals surface area contributed by atoms with Gasteiger partial charge in [0.05, 0.1) is 35.0 Å². The standard InChI is InChI=1S/C14H10Cl3NO3/c1-20-12-5-7(9(16)6-10(12)17)11-4-3-8(15)13(18-11)14(19)21-2/h3-6H,1-2H3. The zero-order chi connectivity index (χ0) is 15.6. The molecule has 2 rings (SSSR count). The molecule has 2 aromatic rings. The lowest BCUT2D eigenvalue weighted by atomic mass is 10.1. The van der Waals surface area contributed by atoms with Crippen LogP contribution in [0.4, 0.5) is 0 Å². The van der Waals surface area contributed by atoms with Gasteiger partial charge >= 0.3 is 5.97 Å². The number of pyridine rings is 1. The maximum atomic E-state index is 11.6. The van der Waals surface area contributed by atoms with Gasteiger partial charge in [0.15, 0.2) is 5.69 Å². The Labute approximate surface area is 136 Å². The van der Waals surface area contributed by atoms with E-state index in [2.05, 4.69) is 9.72 Å². The van der Waals surface area contributed by atoms with Gasteiger partial charge in [0.2, 0.25) is 0 Å². The van der Waals surface area contributed by atoms with Gasteiger partial charge < -0.3 is 9.47 Å². The molecule has 1 aromatic carbocycles. The summed E-state index contributed by atoms with van der Waals surface area (Å²) in [6.45, 7) is 0. The van der Waals surface area contributed by atoms with Crippen molar-refractivity contribution in [2.24, 2.45) is 0 Å². The Morgan fingerprint density at radius 3 is 2.38 bits per heavy atom. The number of nitrogens with zero attached hydrogens (tertiary/aromatic N) is 1. The van der Waals surface area contributed by atoms with Crippen molar-refractivity contribution in [3.05, 3.63) is 45.0 Å². The molecular formula is C14H10Cl3NO3. The molecule has 110 valence electrons. The van der Waals surface area contributed by atoms with Crippen LogP contribution in [0.25, 0.3) is 11.3 Å². The van der Waals surface area contributed by atoms with E-state index in [1.165, 1.54) is 14.2 Å². The Hall–Kier alpha value is -1.49. The molecule has 0 unspecified atom stereocenters. The van der Waals surface area contributed by atoms with E-state index in [1.807, 2.05) is 0 Å². The molecule has 0 spiro atoms. The Bertz CT molecular complexity index is 704. The molecule has 1 aromatic heterocycles. The van der Waals surface area contributed by atoms with Crippen molar-refractivity contribution in [2.75, 3.05) is 14.2 Å². The van der Waals surface area contributed by atoms with Gasteiger partial charge in [0, 0.05) is 5.56 Å². The average molecular weight is 347 g/mol. The molecule has 0 fully saturated rings. The van der Waals surface area contributed by atoms with Gasteiger partial charge in [0.1, 0.15) is 5.75 Å². The maximum absolute atomic E-state index is 11.6. The quantitative estimate of drug-likeness (QED) is 0.768. The molecule has 7 heteroatoms. The van der Waals surface area contributed by atoms with Crippen LogP contribution in [0.15, 0.2) is 24.3 Å². The van der Waals surface area contributed by atoms with Gasteiger partial charge in [-0.05, 0) is 24.3 Å². The van der Waals surface area contributed by atoms with E-state index in [1.54, 1.807) is 24.3 Å². The number of benzene rings is 1. The fourth-order valence-electron chi connectivity index (χ4n) is 1.71. The minimum atomic E-state index is -0.626. The van der Waals surface area contributed by atoms with Crippen LogP contribution in [0.3, 0.4) is 0 Å². The number of methoxy groups -OCH3 is 2. The molecule has 0 saturated heterocycles. The molecule has 0 amide bonds. The highest BCUT2D eigenvalue weighted by Gasteiger charge is 2.16. The number of esters is 1. The molecule has 0 radical (unpaired) electrons. The van der Waals surface area contributed by atoms with Crippen molar-refractivity contribution in [3.8, 4) is 17.0 Å². The maximum Gasteiger partial charge on any atom is 0.358 e. The van der Waals surface area contributed by atoms with E-state index in [0.29, 0.717) is 27.1 Å². The molecule has 0 atom stereocenters. The first-order valence-corrected chi connectivity index (χ1v) is 6.89. The van der Waals surface area contributed by atoms with Crippen LogP contribution in [0.5, 0.6) is 5.75 Å². The smallest absolute Gasteiger partial charge is 0.358 e. The molecular weight excluding hydrogens is 337 g/mol. The Balaban J connectivity index is 2.59. The average Bonchev–Trinajstić information content (AvgIpc) is 2.47. The number of hydrogen-bond acceptors (Lipinski definition) is 4. The largest absolute Gasteiger partial charge is 0.495 e. The normalized spacial score (nSPS) is 10.3. The second kappa shape index (κ2) is 6.52. The SMILES string of the molecule is COC(=O)c1nc(-c2cc(OC)c(Cl)cc2Cl)ccc1Cl. The molecule has 1 heterocycles. The van der Waals surface area contributed by atoms with Crippen molar-refractivity contribution in [2.45, 2.75) is 0 Å². The summed E-state index contributed by atoms with van der Waals surface area (Å²) in [6.07, 6.45) is 0. The highest BCUT2D eigenvalue weighted by molar-refractivity contribution is 6.37. The zero-order valence-electron chi connectivity index (χ0n) is 11.1. The van der Waals surface area contributed by atoms with Crippen LogP contribution < -0.4 is 4.74 Å². The Morgan fingerprint density at radius 1 is 1.05 bits per heavy atom. The van der Waals surface area contributed by atoms with E-state index in [0.717, 1.165) is 0 Å². The summed E-state index contributed by atoms with van der Waals surface area (Å²) in [5.74, 6) is -0.175. The van der Waals surface area contributed by atoms with Gasteiger partial charge in [-0.2, -0.15) is 0 Å². The number of hydrogen-bond donors (Lipinski definition) is 0. The van der Waals surface area contributed by atoms with Crippen molar-refractivity contribution in [3.63, 3.8) is 0 Å². The van der Waals surface area contributed by atoms with Crippen molar-refractivity contribution in [1.29, 1.82) is 0 Å². The van der Waals surface area contributed by atoms with E-state index in [9.17, 15) is 4.79 Å². The van der Waals surface area contributed by atoms with Gasteiger partial charge in [-0.3, -0.25) is 0 Å². The van der Waals surface area contributed by atoms with Gasteiger partial charge in [-0.25, -0.2) is 9.78 Å². The summed E-state index contributed by atoms with van der Waals surface area (Å²) in [4.78, 5) is 15.8. The highest BCUT2D eigenvalue weighted by atomic mass is 35.5. The lowest BCUT2D eigenvalue weighted by Crippen LogP contribution is -2.06. The molecule has 4 nitrogen and oxygen atoms in total. The van der Waals surface area contributed by atoms with Crippen LogP contribution in [0.1, 0.15) is 10.5 Å². The van der Waals surface area contributed by atoms with Crippen molar-refractivity contribution in [1.82, 2.24) is 4.98 Å². The van der Waals surface area contributed by atoms with E-state index < -0.39 is 5.97 Å². The first kappa shape index (κ1) is 15.9. The number of aromatic nitrogens is 1. The lowest BCUT2D eigenvalue weighted by molar-refractivity contribution is 0.0594. The topological polar surface area (TPSA) is 48.4 Å². The molecule has 0 bridgehead atoms. The van der Waals surface area contributed by atoms with E-state index in [4.69, 9.17) is 39.5 Å². The first-order valence-electron chi connectivity index (χ1n) is 5.76. The van der Waals surface area contributed by atoms with Crippen LogP contribution in [-0.2, 0) is 4.74 Å². The fraction of sp³-hybridized carbons (Fsp3) is 0.143. The van der Waals surface area contributed by atoms with Gasteiger partial charge in [0.25, 0.3) is 0 Å². The van der Waals surface area contributed by atoms with Crippen molar-refractivity contribution >= 4 is 40.8 Å². The predicted octanol–water partition coefficient (Wildman–Crippen LogP) is 4.50. The highest BCUT2D eigenvalue weighted by Crippen LogP contribution is 2.36. The number of ether oxygens (including phenoxy) is 2. The number of rotatable bonds is 3. The molecule has 0 aliphatic heterocycles. The van der Waals surface area contributed by atoms with Gasteiger partial charge in [-0.1, -0.05) is 34.8 Å². The third-order valence-corrected chi connectivity index (χ3v) is 3.66. The monoisotopic (exact) mass is 345 g/mol. The molecule has 0 N–H and O–H groups in total. The molecule has 0 aliphatic rings. The van der Waals surface area contributed by atoms with Gasteiger partial charge in [-0.15, -0.1) is 0 Å². The second-order valence-electron chi connectivity index (χ2n) is 3.99. The van der Waals surface area contributed by atoms with E-state index >= 15 is 0 Å². The summed E-state index contributed by atoms with van der Waals surface area (Å²) in [5.41, 5.74) is 1.04. The predicted molar refractivity (Wildman–Crippen MR) is 82.6 cm³/mol. The summed E-state index contributed by atoms with van der Waals surface area (Å²) >= 11 is 18.1. The Morgan fingerprint density at radius 2 is 1.76 bits per heavy atom. The first-order chi connectivity index (χ1) is 9.97. The summed E-state index contributed by atoms with van der Waals surface area (Å²) in [7, 11) is 2.75. The van der Waals surface area contributed by atoms with Crippen LogP contribution in [0, 0.1) is 0 Å². The lowest BCUT2D eigenvalue weighted by Gasteiger charge is -2.10. The third-order valence-electron chi connectivity index (χ3n) is 2.74. The van der Waals surface area contributed by atoms with Crippen molar-refractivity contribution < 1.29 is 14.3 Å². The second-order valence-corrected chi connectivity index (χ2v) is 5.21.